The molecule has 4 aromatic rings. The predicted octanol–water partition coefficient (Wildman–Crippen LogP) is 5.09. The molecule has 1 aromatic heterocycles. The largest absolute Gasteiger partial charge is 0.176 e. The molecule has 0 saturated carbocycles. The molecule has 0 radical (unpaired) electrons. The summed E-state index contributed by atoms with van der Waals surface area (Å²) < 4.78 is 0. The first kappa shape index (κ1) is 17.6. The van der Waals surface area contributed by atoms with Crippen molar-refractivity contribution in [1.29, 1.82) is 0 Å². The van der Waals surface area contributed by atoms with Crippen LogP contribution in [0.1, 0.15) is 0 Å². The minimum absolute atomic E-state index is 0.826. The summed E-state index contributed by atoms with van der Waals surface area (Å²) in [6.45, 7) is 0. The molecule has 5 heteroatoms. The third-order valence-electron chi connectivity index (χ3n) is 3.62. The zero-order chi connectivity index (χ0) is 17.5. The van der Waals surface area contributed by atoms with Crippen molar-refractivity contribution >= 4 is 9.53 Å². The Balaban J connectivity index is 0.000000880. The van der Waals surface area contributed by atoms with E-state index in [-0.39, 0.29) is 0 Å². The molecule has 0 atom stereocenters. The maximum atomic E-state index is 4.70. The summed E-state index contributed by atoms with van der Waals surface area (Å²) in [7, 11) is 4.49. The molecule has 0 aliphatic rings. The van der Waals surface area contributed by atoms with Crippen LogP contribution in [0.3, 0.4) is 0 Å². The van der Waals surface area contributed by atoms with Gasteiger partial charge in [-0.1, -0.05) is 60.7 Å². The van der Waals surface area contributed by atoms with Gasteiger partial charge < -0.3 is 0 Å². The summed E-state index contributed by atoms with van der Waals surface area (Å²) in [4.78, 5) is 1.64. The van der Waals surface area contributed by atoms with Gasteiger partial charge in [-0.3, -0.25) is 0 Å². The van der Waals surface area contributed by atoms with E-state index in [2.05, 4.69) is 58.0 Å². The van der Waals surface area contributed by atoms with Gasteiger partial charge in [0.25, 0.3) is 0 Å². The van der Waals surface area contributed by atoms with Crippen LogP contribution in [0.15, 0.2) is 84.9 Å². The smallest absolute Gasteiger partial charge is 0.121 e. The van der Waals surface area contributed by atoms with Gasteiger partial charge in [0.15, 0.2) is 0 Å². The molecule has 3 nitrogen and oxygen atoms in total. The maximum absolute atomic E-state index is 4.70. The van der Waals surface area contributed by atoms with E-state index in [9.17, 15) is 0 Å². The Hall–Kier alpha value is -2.25. The topological polar surface area (TPSA) is 30.7 Å². The molecule has 126 valence electrons. The molecule has 0 aliphatic heterocycles. The summed E-state index contributed by atoms with van der Waals surface area (Å²) in [6, 6.07) is 31.1. The zero-order valence-electron chi connectivity index (χ0n) is 13.1. The molecule has 25 heavy (non-hydrogen) atoms. The van der Waals surface area contributed by atoms with Crippen LogP contribution in [0.4, 0.5) is 0 Å². The Morgan fingerprint density at radius 1 is 0.680 bits per heavy atom. The monoisotopic (exact) mass is 437 g/mol. The Kier molecular flexibility index (Phi) is 6.14. The number of hydrogen-bond donors (Lipinski definition) is 0. The first-order valence-corrected chi connectivity index (χ1v) is 9.59. The minimum Gasteiger partial charge on any atom is -0.176 e. The second-order valence-corrected chi connectivity index (χ2v) is 5.17. The molecule has 0 unspecified atom stereocenters. The first-order chi connectivity index (χ1) is 12.4. The van der Waals surface area contributed by atoms with Gasteiger partial charge in [-0.2, -0.15) is 29.1 Å². The summed E-state index contributed by atoms with van der Waals surface area (Å²) >= 11 is 2.22. The van der Waals surface area contributed by atoms with Crippen LogP contribution in [0.25, 0.3) is 28.2 Å². The van der Waals surface area contributed by atoms with Gasteiger partial charge in [-0.15, -0.1) is 16.3 Å². The number of benzene rings is 3. The van der Waals surface area contributed by atoms with E-state index >= 15 is 0 Å². The second kappa shape index (κ2) is 8.73. The van der Waals surface area contributed by atoms with Crippen LogP contribution in [0.2, 0.25) is 0 Å². The Morgan fingerprint density at radius 3 is 1.60 bits per heavy atom. The molecule has 4 rings (SSSR count). The molecule has 0 saturated heterocycles. The summed E-state index contributed by atoms with van der Waals surface area (Å²) in [5.41, 5.74) is 4.66. The minimum atomic E-state index is 0.826. The van der Waals surface area contributed by atoms with Crippen molar-refractivity contribution in [2.45, 2.75) is 0 Å². The fourth-order valence-corrected chi connectivity index (χ4v) is 2.50. The molecular weight excluding hydrogens is 424 g/mol. The fourth-order valence-electron chi connectivity index (χ4n) is 2.50. The van der Waals surface area contributed by atoms with Gasteiger partial charge in [0.2, 0.25) is 0 Å². The number of rotatable bonds is 3. The molecule has 0 aliphatic carbocycles. The number of nitrogens with zero attached hydrogens (tertiary/aromatic N) is 3. The van der Waals surface area contributed by atoms with Crippen LogP contribution < -0.4 is 0 Å². The number of hydrogen-bond acceptors (Lipinski definition) is 2. The molecule has 0 N–H and O–H groups in total. The van der Waals surface area contributed by atoms with Crippen molar-refractivity contribution < 1.29 is 18.2 Å². The Morgan fingerprint density at radius 2 is 1.16 bits per heavy atom. The van der Waals surface area contributed by atoms with Crippen LogP contribution in [-0.2, 0) is 18.2 Å². The van der Waals surface area contributed by atoms with Crippen molar-refractivity contribution in [2.75, 3.05) is 0 Å². The molecular formula is C20H14ClN3Pd. The van der Waals surface area contributed by atoms with Gasteiger partial charge in [0.1, 0.15) is 11.4 Å². The van der Waals surface area contributed by atoms with E-state index in [1.165, 1.54) is 0 Å². The van der Waals surface area contributed by atoms with E-state index in [1.807, 2.05) is 60.7 Å². The summed E-state index contributed by atoms with van der Waals surface area (Å²) in [5.74, 6) is 0. The van der Waals surface area contributed by atoms with Crippen LogP contribution in [-0.4, -0.2) is 15.0 Å². The van der Waals surface area contributed by atoms with Crippen LogP contribution in [0.5, 0.6) is 0 Å². The molecule has 0 spiro atoms. The number of para-hydroxylation sites is 1. The standard InChI is InChI=1S/C20H14N3.ClH.Pd/c1-4-10-16(11-5-1)19-20(17-12-6-2-7-13-17)22-23(21-19)18-14-8-3-9-15-18;;/h1-14H;1H;/q-1;;+2/p-1. The van der Waals surface area contributed by atoms with E-state index in [0.29, 0.717) is 0 Å². The summed E-state index contributed by atoms with van der Waals surface area (Å²) in [5, 5.41) is 9.40. The van der Waals surface area contributed by atoms with Crippen LogP contribution in [0, 0.1) is 6.07 Å². The van der Waals surface area contributed by atoms with Crippen LogP contribution >= 0.6 is 9.53 Å². The third kappa shape index (κ3) is 4.05. The van der Waals surface area contributed by atoms with Gasteiger partial charge in [0.05, 0.1) is 0 Å². The van der Waals surface area contributed by atoms with Crippen molar-refractivity contribution in [2.24, 2.45) is 0 Å². The molecule has 3 aromatic carbocycles. The molecule has 1 heterocycles. The Labute approximate surface area is 161 Å². The van der Waals surface area contributed by atoms with Crippen molar-refractivity contribution in [3.63, 3.8) is 0 Å². The van der Waals surface area contributed by atoms with Crippen molar-refractivity contribution in [3.8, 4) is 28.2 Å². The molecule has 0 bridgehead atoms. The fraction of sp³-hybridized carbons (Fsp3) is 0. The van der Waals surface area contributed by atoms with Gasteiger partial charge in [0, 0.05) is 11.1 Å². The average molecular weight is 438 g/mol. The maximum Gasteiger partial charge on any atom is 0.121 e. The van der Waals surface area contributed by atoms with Crippen molar-refractivity contribution in [3.05, 3.63) is 91.0 Å². The number of halogens is 1. The summed E-state index contributed by atoms with van der Waals surface area (Å²) in [6.07, 6.45) is 0. The van der Waals surface area contributed by atoms with E-state index < -0.39 is 0 Å². The zero-order valence-corrected chi connectivity index (χ0v) is 15.4. The normalized spacial score (nSPS) is 10.0. The first-order valence-electron chi connectivity index (χ1n) is 7.59. The van der Waals surface area contributed by atoms with E-state index in [4.69, 9.17) is 10.2 Å². The molecule has 0 amide bonds. The quantitative estimate of drug-likeness (QED) is 0.330. The van der Waals surface area contributed by atoms with E-state index in [0.717, 1.165) is 28.2 Å². The molecule has 0 fully saturated rings. The SMILES string of the molecule is [Cl][Pd+].[c-]1ccccc1-n1nc(-c2ccccc2)c(-c2ccccc2)n1. The third-order valence-corrected chi connectivity index (χ3v) is 3.62. The van der Waals surface area contributed by atoms with Gasteiger partial charge in [-0.05, 0) is 5.69 Å². The van der Waals surface area contributed by atoms with Gasteiger partial charge in [-0.25, -0.2) is 0 Å². The van der Waals surface area contributed by atoms with Crippen molar-refractivity contribution in [1.82, 2.24) is 15.0 Å². The van der Waals surface area contributed by atoms with E-state index in [1.54, 1.807) is 4.80 Å². The second-order valence-electron chi connectivity index (χ2n) is 5.17. The average Bonchev–Trinajstić information content (AvgIpc) is 3.17. The van der Waals surface area contributed by atoms with Gasteiger partial charge >= 0.3 is 27.7 Å². The number of aromatic nitrogens is 3. The predicted molar refractivity (Wildman–Crippen MR) is 96.9 cm³/mol. The Bertz CT molecular complexity index is 853.